The molecule has 0 aliphatic heterocycles. The first-order valence-corrected chi connectivity index (χ1v) is 5.02. The lowest BCUT2D eigenvalue weighted by Crippen LogP contribution is -1.94. The Labute approximate surface area is 85.4 Å². The fraction of sp³-hybridized carbons (Fsp3) is 0.300. The van der Waals surface area contributed by atoms with Gasteiger partial charge in [-0.15, -0.1) is 0 Å². The Morgan fingerprint density at radius 1 is 1.62 bits per heavy atom. The van der Waals surface area contributed by atoms with Crippen molar-refractivity contribution in [2.24, 2.45) is 0 Å². The van der Waals surface area contributed by atoms with E-state index in [2.05, 4.69) is 33.2 Å². The summed E-state index contributed by atoms with van der Waals surface area (Å²) in [6.07, 6.45) is 7.30. The highest BCUT2D eigenvalue weighted by Gasteiger charge is 2.14. The van der Waals surface area contributed by atoms with Gasteiger partial charge in [0, 0.05) is 16.5 Å². The summed E-state index contributed by atoms with van der Waals surface area (Å²) in [6, 6.07) is 1.99. The summed E-state index contributed by atoms with van der Waals surface area (Å²) < 4.78 is 6.33. The number of allylic oxidation sites excluding steroid dienone is 4. The molecule has 0 N–H and O–H groups in total. The van der Waals surface area contributed by atoms with E-state index in [1.807, 2.05) is 19.1 Å². The van der Waals surface area contributed by atoms with Gasteiger partial charge < -0.3 is 4.52 Å². The number of aryl methyl sites for hydroxylation is 1. The van der Waals surface area contributed by atoms with Crippen LogP contribution in [0.1, 0.15) is 23.8 Å². The predicted molar refractivity (Wildman–Crippen MR) is 54.7 cm³/mol. The molecule has 1 unspecified atom stereocenters. The van der Waals surface area contributed by atoms with Crippen LogP contribution in [-0.2, 0) is 0 Å². The van der Waals surface area contributed by atoms with Crippen LogP contribution in [0, 0.1) is 6.92 Å². The highest BCUT2D eigenvalue weighted by Crippen LogP contribution is 2.28. The SMILES string of the molecule is Cc1cc(C2C=CC(Br)=CC2)on1. The smallest absolute Gasteiger partial charge is 0.144 e. The van der Waals surface area contributed by atoms with E-state index < -0.39 is 0 Å². The molecule has 0 saturated carbocycles. The van der Waals surface area contributed by atoms with Crippen LogP contribution < -0.4 is 0 Å². The number of hydrogen-bond acceptors (Lipinski definition) is 2. The van der Waals surface area contributed by atoms with Crippen LogP contribution in [0.25, 0.3) is 0 Å². The van der Waals surface area contributed by atoms with Gasteiger partial charge in [0.25, 0.3) is 0 Å². The van der Waals surface area contributed by atoms with Gasteiger partial charge in [-0.05, 0) is 13.3 Å². The molecule has 0 spiro atoms. The van der Waals surface area contributed by atoms with Crippen LogP contribution in [0.5, 0.6) is 0 Å². The number of hydrogen-bond donors (Lipinski definition) is 0. The fourth-order valence-corrected chi connectivity index (χ4v) is 1.70. The summed E-state index contributed by atoms with van der Waals surface area (Å²) in [5, 5.41) is 3.87. The van der Waals surface area contributed by atoms with Crippen molar-refractivity contribution in [1.82, 2.24) is 5.16 Å². The Kier molecular flexibility index (Phi) is 2.36. The fourth-order valence-electron chi connectivity index (χ4n) is 1.36. The molecule has 68 valence electrons. The van der Waals surface area contributed by atoms with Crippen LogP contribution in [0.3, 0.4) is 0 Å². The Morgan fingerprint density at radius 3 is 3.00 bits per heavy atom. The molecule has 0 saturated heterocycles. The number of nitrogens with zero attached hydrogens (tertiary/aromatic N) is 1. The third-order valence-corrected chi connectivity index (χ3v) is 2.65. The lowest BCUT2D eigenvalue weighted by molar-refractivity contribution is 0.369. The Balaban J connectivity index is 2.17. The van der Waals surface area contributed by atoms with Crippen LogP contribution >= 0.6 is 15.9 Å². The molecule has 2 rings (SSSR count). The molecule has 0 radical (unpaired) electrons. The van der Waals surface area contributed by atoms with Crippen molar-refractivity contribution in [3.8, 4) is 0 Å². The first-order valence-electron chi connectivity index (χ1n) is 4.23. The molecule has 0 amide bonds. The summed E-state index contributed by atoms with van der Waals surface area (Å²) in [5.74, 6) is 1.30. The second kappa shape index (κ2) is 3.50. The van der Waals surface area contributed by atoms with Crippen LogP contribution in [0.2, 0.25) is 0 Å². The van der Waals surface area contributed by atoms with E-state index >= 15 is 0 Å². The van der Waals surface area contributed by atoms with E-state index in [1.165, 1.54) is 0 Å². The maximum atomic E-state index is 5.19. The Bertz CT molecular complexity index is 365. The minimum absolute atomic E-state index is 0.350. The van der Waals surface area contributed by atoms with Crippen molar-refractivity contribution in [2.75, 3.05) is 0 Å². The van der Waals surface area contributed by atoms with Gasteiger partial charge in [0.1, 0.15) is 5.76 Å². The first-order chi connectivity index (χ1) is 6.25. The number of aromatic nitrogens is 1. The summed E-state index contributed by atoms with van der Waals surface area (Å²) >= 11 is 3.42. The monoisotopic (exact) mass is 239 g/mol. The van der Waals surface area contributed by atoms with E-state index in [9.17, 15) is 0 Å². The van der Waals surface area contributed by atoms with E-state index in [-0.39, 0.29) is 0 Å². The second-order valence-electron chi connectivity index (χ2n) is 3.16. The molecule has 0 bridgehead atoms. The van der Waals surface area contributed by atoms with Crippen molar-refractivity contribution < 1.29 is 4.52 Å². The van der Waals surface area contributed by atoms with Gasteiger partial charge in [-0.3, -0.25) is 0 Å². The third kappa shape index (κ3) is 1.91. The van der Waals surface area contributed by atoms with Gasteiger partial charge in [0.2, 0.25) is 0 Å². The van der Waals surface area contributed by atoms with Crippen molar-refractivity contribution >= 4 is 15.9 Å². The molecule has 1 heterocycles. The molecular weight excluding hydrogens is 230 g/mol. The summed E-state index contributed by atoms with van der Waals surface area (Å²) in [4.78, 5) is 0. The molecule has 2 nitrogen and oxygen atoms in total. The molecular formula is C10H10BrNO. The minimum atomic E-state index is 0.350. The average molecular weight is 240 g/mol. The van der Waals surface area contributed by atoms with Crippen LogP contribution in [0.15, 0.2) is 33.3 Å². The van der Waals surface area contributed by atoms with Gasteiger partial charge in [-0.2, -0.15) is 0 Å². The van der Waals surface area contributed by atoms with E-state index in [4.69, 9.17) is 4.52 Å². The average Bonchev–Trinajstić information content (AvgIpc) is 2.53. The van der Waals surface area contributed by atoms with Gasteiger partial charge >= 0.3 is 0 Å². The highest BCUT2D eigenvalue weighted by atomic mass is 79.9. The zero-order chi connectivity index (χ0) is 9.26. The molecule has 3 heteroatoms. The van der Waals surface area contributed by atoms with Crippen molar-refractivity contribution in [3.63, 3.8) is 0 Å². The molecule has 0 aromatic carbocycles. The molecule has 1 aromatic rings. The van der Waals surface area contributed by atoms with Crippen LogP contribution in [0.4, 0.5) is 0 Å². The molecule has 13 heavy (non-hydrogen) atoms. The van der Waals surface area contributed by atoms with E-state index in [0.29, 0.717) is 5.92 Å². The Morgan fingerprint density at radius 2 is 2.46 bits per heavy atom. The standard InChI is InChI=1S/C10H10BrNO/c1-7-6-10(13-12-7)8-2-4-9(11)5-3-8/h2,4-6,8H,3H2,1H3. The second-order valence-corrected chi connectivity index (χ2v) is 4.08. The summed E-state index contributed by atoms with van der Waals surface area (Å²) in [7, 11) is 0. The maximum Gasteiger partial charge on any atom is 0.144 e. The van der Waals surface area contributed by atoms with E-state index in [1.54, 1.807) is 0 Å². The Hall–Kier alpha value is -0.830. The first kappa shape index (κ1) is 8.75. The van der Waals surface area contributed by atoms with Crippen molar-refractivity contribution in [1.29, 1.82) is 0 Å². The maximum absolute atomic E-state index is 5.19. The summed E-state index contributed by atoms with van der Waals surface area (Å²) in [5.41, 5.74) is 0.942. The van der Waals surface area contributed by atoms with Gasteiger partial charge in [-0.1, -0.05) is 39.3 Å². The predicted octanol–water partition coefficient (Wildman–Crippen LogP) is 3.31. The molecule has 1 aromatic heterocycles. The zero-order valence-electron chi connectivity index (χ0n) is 7.33. The molecule has 0 fully saturated rings. The highest BCUT2D eigenvalue weighted by molar-refractivity contribution is 9.11. The normalized spacial score (nSPS) is 21.7. The molecule has 1 aliphatic carbocycles. The van der Waals surface area contributed by atoms with Crippen molar-refractivity contribution in [3.05, 3.63) is 40.2 Å². The number of halogens is 1. The zero-order valence-corrected chi connectivity index (χ0v) is 8.91. The third-order valence-electron chi connectivity index (χ3n) is 2.07. The lowest BCUT2D eigenvalue weighted by Gasteiger charge is -2.09. The van der Waals surface area contributed by atoms with E-state index in [0.717, 1.165) is 22.4 Å². The van der Waals surface area contributed by atoms with Gasteiger partial charge in [0.15, 0.2) is 0 Å². The quantitative estimate of drug-likeness (QED) is 0.752. The topological polar surface area (TPSA) is 26.0 Å². The minimum Gasteiger partial charge on any atom is -0.361 e. The lowest BCUT2D eigenvalue weighted by atomic mass is 9.98. The summed E-state index contributed by atoms with van der Waals surface area (Å²) in [6.45, 7) is 1.94. The van der Waals surface area contributed by atoms with Gasteiger partial charge in [-0.25, -0.2) is 0 Å². The molecule has 1 atom stereocenters. The van der Waals surface area contributed by atoms with Crippen molar-refractivity contribution in [2.45, 2.75) is 19.3 Å². The number of rotatable bonds is 1. The van der Waals surface area contributed by atoms with Gasteiger partial charge in [0.05, 0.1) is 5.69 Å². The van der Waals surface area contributed by atoms with Crippen LogP contribution in [-0.4, -0.2) is 5.16 Å². The largest absolute Gasteiger partial charge is 0.361 e. The molecule has 1 aliphatic rings.